The van der Waals surface area contributed by atoms with Gasteiger partial charge in [0.25, 0.3) is 5.69 Å². The topological polar surface area (TPSA) is 154 Å². The summed E-state index contributed by atoms with van der Waals surface area (Å²) in [6.07, 6.45) is 1.91. The Balaban J connectivity index is 1.19. The number of carbonyl (C=O) groups is 1. The second-order valence-electron chi connectivity index (χ2n) is 9.01. The Morgan fingerprint density at radius 2 is 1.97 bits per heavy atom. The second kappa shape index (κ2) is 10.0. The number of sulfone groups is 1. The van der Waals surface area contributed by atoms with E-state index in [0.717, 1.165) is 12.1 Å². The van der Waals surface area contributed by atoms with Gasteiger partial charge in [0.1, 0.15) is 11.9 Å². The van der Waals surface area contributed by atoms with Crippen LogP contribution >= 0.6 is 11.6 Å². The van der Waals surface area contributed by atoms with E-state index < -0.39 is 20.9 Å². The number of benzene rings is 2. The molecule has 0 saturated heterocycles. The third-order valence-corrected chi connectivity index (χ3v) is 8.90. The van der Waals surface area contributed by atoms with Crippen molar-refractivity contribution in [1.82, 2.24) is 10.2 Å². The number of aromatic amines is 1. The van der Waals surface area contributed by atoms with Crippen LogP contribution in [0.25, 0.3) is 0 Å². The number of aromatic nitrogens is 2. The van der Waals surface area contributed by atoms with E-state index >= 15 is 0 Å². The zero-order chi connectivity index (χ0) is 26.2. The van der Waals surface area contributed by atoms with Crippen LogP contribution in [0.4, 0.5) is 22.0 Å². The van der Waals surface area contributed by atoms with Crippen molar-refractivity contribution in [3.05, 3.63) is 68.9 Å². The number of hydrogen-bond donors (Lipinski definition) is 2. The van der Waals surface area contributed by atoms with Crippen LogP contribution < -0.4 is 10.1 Å². The summed E-state index contributed by atoms with van der Waals surface area (Å²) in [7, 11) is -3.42. The maximum Gasteiger partial charge on any atom is 0.514 e. The van der Waals surface area contributed by atoms with Gasteiger partial charge in [0, 0.05) is 35.5 Å². The largest absolute Gasteiger partial charge is 0.514 e. The highest BCUT2D eigenvalue weighted by Gasteiger charge is 2.31. The van der Waals surface area contributed by atoms with Gasteiger partial charge in [-0.3, -0.25) is 15.2 Å². The molecule has 0 unspecified atom stereocenters. The standard InChI is InChI=1S/C24H23ClN4O7S/c25-19-9-10-20(18-2-1-11-37(33,34)23(18)19)26-22-13-21(27-28-22)14-3-6-17(12-14)36-24(30)35-16-7-4-15(5-8-16)29(31)32/h4-5,7-10,13-14,17H,1-3,6,11-12H2,(H2,26,27,28)/t14-,17+/m0/s1. The van der Waals surface area contributed by atoms with Gasteiger partial charge < -0.3 is 14.8 Å². The lowest BCUT2D eigenvalue weighted by molar-refractivity contribution is -0.384. The van der Waals surface area contributed by atoms with Gasteiger partial charge in [0.2, 0.25) is 0 Å². The quantitative estimate of drug-likeness (QED) is 0.182. The Labute approximate surface area is 217 Å². The third-order valence-electron chi connectivity index (χ3n) is 6.56. The van der Waals surface area contributed by atoms with Crippen LogP contribution in [-0.2, 0) is 21.0 Å². The summed E-state index contributed by atoms with van der Waals surface area (Å²) in [4.78, 5) is 22.6. The fourth-order valence-electron chi connectivity index (χ4n) is 4.81. The van der Waals surface area contributed by atoms with Crippen molar-refractivity contribution in [2.24, 2.45) is 0 Å². The Bertz CT molecular complexity index is 1460. The summed E-state index contributed by atoms with van der Waals surface area (Å²) < 4.78 is 35.6. The molecule has 2 aliphatic rings. The predicted molar refractivity (Wildman–Crippen MR) is 134 cm³/mol. The number of carbonyl (C=O) groups excluding carboxylic acids is 1. The van der Waals surface area contributed by atoms with Crippen molar-refractivity contribution in [3.8, 4) is 5.75 Å². The SMILES string of the molecule is O=C(Oc1ccc([N+](=O)[O-])cc1)O[C@@H]1CC[C@H](c2cc(Nc3ccc(Cl)c4c3CCCS4(=O)=O)n[nH]2)C1. The molecule has 5 rings (SSSR count). The molecule has 2 N–H and O–H groups in total. The highest BCUT2D eigenvalue weighted by atomic mass is 35.5. The number of nitrogens with zero attached hydrogens (tertiary/aromatic N) is 2. The molecule has 1 aliphatic heterocycles. The second-order valence-corrected chi connectivity index (χ2v) is 11.5. The molecule has 194 valence electrons. The van der Waals surface area contributed by atoms with Gasteiger partial charge in [-0.25, -0.2) is 13.2 Å². The first-order chi connectivity index (χ1) is 17.7. The van der Waals surface area contributed by atoms with Gasteiger partial charge in [-0.2, -0.15) is 5.10 Å². The van der Waals surface area contributed by atoms with Crippen LogP contribution in [0.2, 0.25) is 5.02 Å². The average Bonchev–Trinajstić information content (AvgIpc) is 3.50. The molecule has 3 aromatic rings. The van der Waals surface area contributed by atoms with Crippen LogP contribution in [0.5, 0.6) is 5.75 Å². The summed E-state index contributed by atoms with van der Waals surface area (Å²) in [5, 5.41) is 21.5. The Hall–Kier alpha value is -3.64. The highest BCUT2D eigenvalue weighted by Crippen LogP contribution is 2.39. The average molecular weight is 547 g/mol. The van der Waals surface area contributed by atoms with E-state index in [0.29, 0.717) is 42.8 Å². The van der Waals surface area contributed by atoms with E-state index in [1.165, 1.54) is 24.3 Å². The fourth-order valence-corrected chi connectivity index (χ4v) is 7.02. The molecule has 0 radical (unpaired) electrons. The Kier molecular flexibility index (Phi) is 6.78. The minimum atomic E-state index is -3.42. The normalized spacial score (nSPS) is 20.1. The maximum atomic E-state index is 12.5. The van der Waals surface area contributed by atoms with E-state index in [-0.39, 0.29) is 39.1 Å². The number of rotatable bonds is 6. The number of nitro benzene ring substituents is 1. The summed E-state index contributed by atoms with van der Waals surface area (Å²) >= 11 is 6.21. The van der Waals surface area contributed by atoms with Crippen LogP contribution in [0.15, 0.2) is 47.4 Å². The summed E-state index contributed by atoms with van der Waals surface area (Å²) in [5.41, 5.74) is 2.09. The lowest BCUT2D eigenvalue weighted by Gasteiger charge is -2.21. The van der Waals surface area contributed by atoms with Crippen LogP contribution in [0.1, 0.15) is 42.9 Å². The third kappa shape index (κ3) is 5.39. The summed E-state index contributed by atoms with van der Waals surface area (Å²) in [6.45, 7) is 0. The minimum Gasteiger partial charge on any atom is -0.431 e. The monoisotopic (exact) mass is 546 g/mol. The molecule has 1 aliphatic carbocycles. The fraction of sp³-hybridized carbons (Fsp3) is 0.333. The lowest BCUT2D eigenvalue weighted by Crippen LogP contribution is -2.18. The van der Waals surface area contributed by atoms with Gasteiger partial charge in [0.05, 0.1) is 20.6 Å². The molecular formula is C24H23ClN4O7S. The molecular weight excluding hydrogens is 524 g/mol. The lowest BCUT2D eigenvalue weighted by atomic mass is 10.0. The Morgan fingerprint density at radius 3 is 2.73 bits per heavy atom. The predicted octanol–water partition coefficient (Wildman–Crippen LogP) is 5.29. The number of hydrogen-bond acceptors (Lipinski definition) is 9. The van der Waals surface area contributed by atoms with Gasteiger partial charge in [0.15, 0.2) is 15.7 Å². The molecule has 37 heavy (non-hydrogen) atoms. The number of H-pyrrole nitrogens is 1. The molecule has 0 bridgehead atoms. The van der Waals surface area contributed by atoms with E-state index in [4.69, 9.17) is 21.1 Å². The molecule has 13 heteroatoms. The molecule has 0 amide bonds. The first-order valence-corrected chi connectivity index (χ1v) is 13.7. The molecule has 11 nitrogen and oxygen atoms in total. The number of fused-ring (bicyclic) bond motifs is 1. The number of nitro groups is 1. The van der Waals surface area contributed by atoms with Gasteiger partial charge in [-0.1, -0.05) is 11.6 Å². The Morgan fingerprint density at radius 1 is 1.19 bits per heavy atom. The summed E-state index contributed by atoms with van der Waals surface area (Å²) in [5.74, 6) is 0.873. The van der Waals surface area contributed by atoms with Crippen molar-refractivity contribution in [1.29, 1.82) is 0 Å². The van der Waals surface area contributed by atoms with Crippen molar-refractivity contribution in [2.45, 2.75) is 49.0 Å². The van der Waals surface area contributed by atoms with Gasteiger partial charge in [-0.15, -0.1) is 0 Å². The van der Waals surface area contributed by atoms with Crippen LogP contribution in [0, 0.1) is 10.1 Å². The van der Waals surface area contributed by atoms with E-state index in [2.05, 4.69) is 15.5 Å². The zero-order valence-electron chi connectivity index (χ0n) is 19.5. The number of ether oxygens (including phenoxy) is 2. The number of halogens is 1. The molecule has 1 fully saturated rings. The molecule has 0 spiro atoms. The zero-order valence-corrected chi connectivity index (χ0v) is 21.0. The van der Waals surface area contributed by atoms with Gasteiger partial charge >= 0.3 is 6.16 Å². The van der Waals surface area contributed by atoms with E-state index in [1.807, 2.05) is 6.07 Å². The van der Waals surface area contributed by atoms with Crippen molar-refractivity contribution in [2.75, 3.05) is 11.1 Å². The molecule has 1 aromatic heterocycles. The first-order valence-electron chi connectivity index (χ1n) is 11.7. The molecule has 2 atom stereocenters. The van der Waals surface area contributed by atoms with Crippen LogP contribution in [-0.4, -0.2) is 41.6 Å². The first kappa shape index (κ1) is 25.0. The molecule has 1 saturated carbocycles. The number of anilines is 2. The van der Waals surface area contributed by atoms with Gasteiger partial charge in [-0.05, 0) is 61.9 Å². The maximum absolute atomic E-state index is 12.5. The number of nitrogens with one attached hydrogen (secondary N) is 2. The molecule has 2 heterocycles. The minimum absolute atomic E-state index is 0.0831. The number of non-ortho nitro benzene ring substituents is 1. The van der Waals surface area contributed by atoms with E-state index in [1.54, 1.807) is 12.1 Å². The van der Waals surface area contributed by atoms with Crippen LogP contribution in [0.3, 0.4) is 0 Å². The highest BCUT2D eigenvalue weighted by molar-refractivity contribution is 7.91. The van der Waals surface area contributed by atoms with Crippen molar-refractivity contribution >= 4 is 44.8 Å². The summed E-state index contributed by atoms with van der Waals surface area (Å²) in [6, 6.07) is 10.4. The van der Waals surface area contributed by atoms with Crippen molar-refractivity contribution in [3.63, 3.8) is 0 Å². The molecule has 2 aromatic carbocycles. The van der Waals surface area contributed by atoms with Crippen molar-refractivity contribution < 1.29 is 27.6 Å². The smallest absolute Gasteiger partial charge is 0.431 e. The van der Waals surface area contributed by atoms with E-state index in [9.17, 15) is 23.3 Å².